The molecule has 0 unspecified atom stereocenters. The molecule has 1 rings (SSSR count). The van der Waals surface area contributed by atoms with E-state index in [1.54, 1.807) is 18.2 Å². The highest BCUT2D eigenvalue weighted by Crippen LogP contribution is 2.15. The van der Waals surface area contributed by atoms with Gasteiger partial charge in [-0.15, -0.1) is 0 Å². The maximum absolute atomic E-state index is 12.0. The minimum Gasteiger partial charge on any atom is -0.451 e. The molecule has 0 aliphatic carbocycles. The third kappa shape index (κ3) is 6.28. The molecule has 1 aromatic carbocycles. The van der Waals surface area contributed by atoms with E-state index in [0.717, 1.165) is 10.6 Å². The number of nitrogens with one attached hydrogen (secondary N) is 1. The monoisotopic (exact) mass is 358 g/mol. The van der Waals surface area contributed by atoms with Crippen LogP contribution in [-0.4, -0.2) is 64.0 Å². The fourth-order valence-electron chi connectivity index (χ4n) is 1.87. The molecule has 1 N–H and O–H groups in total. The number of anilines is 1. The van der Waals surface area contributed by atoms with Gasteiger partial charge in [-0.1, -0.05) is 12.1 Å². The average molecular weight is 358 g/mol. The Kier molecular flexibility index (Phi) is 7.83. The second-order valence-electron chi connectivity index (χ2n) is 5.65. The number of amides is 2. The maximum atomic E-state index is 12.0. The van der Waals surface area contributed by atoms with Crippen molar-refractivity contribution >= 4 is 29.5 Å². The maximum Gasteiger partial charge on any atom is 0.349 e. The molecule has 0 radical (unpaired) electrons. The zero-order valence-corrected chi connectivity index (χ0v) is 15.3. The van der Waals surface area contributed by atoms with Gasteiger partial charge in [0.25, 0.3) is 5.91 Å². The van der Waals surface area contributed by atoms with E-state index in [-0.39, 0.29) is 18.0 Å². The topological polar surface area (TPSA) is 103 Å². The molecule has 1 aromatic rings. The number of nitriles is 1. The summed E-state index contributed by atoms with van der Waals surface area (Å²) >= 11 is 0. The lowest BCUT2D eigenvalue weighted by Gasteiger charge is -2.15. The standard InChI is InChI=1S/C18H22N4O4/c1-20-16(23)11-22(4)17(24)12-26-18(25)14(10-19)9-13-5-7-15(8-6-13)21(2)3/h5-9H,11-12H2,1-4H3,(H,20,23)/b14-9+. The zero-order chi connectivity index (χ0) is 19.7. The van der Waals surface area contributed by atoms with Crippen LogP contribution in [0.3, 0.4) is 0 Å². The van der Waals surface area contributed by atoms with Crippen molar-refractivity contribution in [3.05, 3.63) is 35.4 Å². The Morgan fingerprint density at radius 3 is 2.31 bits per heavy atom. The number of nitrogens with zero attached hydrogens (tertiary/aromatic N) is 3. The van der Waals surface area contributed by atoms with Gasteiger partial charge in [0, 0.05) is 33.9 Å². The van der Waals surface area contributed by atoms with Crippen LogP contribution in [-0.2, 0) is 19.1 Å². The fourth-order valence-corrected chi connectivity index (χ4v) is 1.87. The minimum atomic E-state index is -0.897. The Bertz CT molecular complexity index is 733. The van der Waals surface area contributed by atoms with Gasteiger partial charge in [-0.3, -0.25) is 9.59 Å². The first-order chi connectivity index (χ1) is 12.3. The summed E-state index contributed by atoms with van der Waals surface area (Å²) in [7, 11) is 6.68. The molecule has 26 heavy (non-hydrogen) atoms. The molecule has 0 saturated heterocycles. The van der Waals surface area contributed by atoms with E-state index in [2.05, 4.69) is 5.32 Å². The molecule has 138 valence electrons. The molecule has 0 heterocycles. The van der Waals surface area contributed by atoms with E-state index >= 15 is 0 Å². The van der Waals surface area contributed by atoms with Crippen LogP contribution in [0.4, 0.5) is 5.69 Å². The predicted octanol–water partition coefficient (Wildman–Crippen LogP) is 0.407. The molecule has 0 aliphatic rings. The number of ether oxygens (including phenoxy) is 1. The summed E-state index contributed by atoms with van der Waals surface area (Å²) in [4.78, 5) is 38.1. The van der Waals surface area contributed by atoms with Crippen molar-refractivity contribution in [2.45, 2.75) is 0 Å². The van der Waals surface area contributed by atoms with Crippen LogP contribution in [0.5, 0.6) is 0 Å². The van der Waals surface area contributed by atoms with Crippen LogP contribution in [0.2, 0.25) is 0 Å². The Balaban J connectivity index is 2.70. The Morgan fingerprint density at radius 1 is 1.19 bits per heavy atom. The lowest BCUT2D eigenvalue weighted by atomic mass is 10.1. The highest BCUT2D eigenvalue weighted by molar-refractivity contribution is 5.99. The van der Waals surface area contributed by atoms with Crippen molar-refractivity contribution in [1.29, 1.82) is 5.26 Å². The molecule has 0 aliphatic heterocycles. The summed E-state index contributed by atoms with van der Waals surface area (Å²) in [6.45, 7) is -0.697. The normalized spacial score (nSPS) is 10.5. The number of carbonyl (C=O) groups excluding carboxylic acids is 3. The second kappa shape index (κ2) is 9.84. The van der Waals surface area contributed by atoms with E-state index in [9.17, 15) is 14.4 Å². The minimum absolute atomic E-state index is 0.147. The largest absolute Gasteiger partial charge is 0.451 e. The number of likely N-dealkylation sites (N-methyl/N-ethyl adjacent to an activating group) is 2. The fraction of sp³-hybridized carbons (Fsp3) is 0.333. The van der Waals surface area contributed by atoms with Crippen molar-refractivity contribution in [1.82, 2.24) is 10.2 Å². The molecule has 0 bridgehead atoms. The Morgan fingerprint density at radius 2 is 1.81 bits per heavy atom. The highest BCUT2D eigenvalue weighted by Gasteiger charge is 2.17. The van der Waals surface area contributed by atoms with E-state index in [4.69, 9.17) is 10.00 Å². The molecular formula is C18H22N4O4. The SMILES string of the molecule is CNC(=O)CN(C)C(=O)COC(=O)/C(C#N)=C/c1ccc(N(C)C)cc1. The summed E-state index contributed by atoms with van der Waals surface area (Å²) in [6, 6.07) is 9.00. The third-order valence-corrected chi connectivity index (χ3v) is 3.47. The number of rotatable bonds is 7. The molecule has 0 saturated carbocycles. The van der Waals surface area contributed by atoms with Gasteiger partial charge in [-0.25, -0.2) is 4.79 Å². The van der Waals surface area contributed by atoms with Gasteiger partial charge in [-0.05, 0) is 23.8 Å². The number of hydrogen-bond donors (Lipinski definition) is 1. The van der Waals surface area contributed by atoms with E-state index in [1.807, 2.05) is 31.1 Å². The summed E-state index contributed by atoms with van der Waals surface area (Å²) < 4.78 is 4.87. The van der Waals surface area contributed by atoms with E-state index in [0.29, 0.717) is 5.56 Å². The van der Waals surface area contributed by atoms with Gasteiger partial charge in [0.2, 0.25) is 5.91 Å². The lowest BCUT2D eigenvalue weighted by molar-refractivity contribution is -0.148. The molecule has 8 nitrogen and oxygen atoms in total. The van der Waals surface area contributed by atoms with Gasteiger partial charge in [0.15, 0.2) is 6.61 Å². The van der Waals surface area contributed by atoms with Crippen molar-refractivity contribution in [3.63, 3.8) is 0 Å². The summed E-state index contributed by atoms with van der Waals surface area (Å²) in [5.41, 5.74) is 1.42. The van der Waals surface area contributed by atoms with E-state index < -0.39 is 18.5 Å². The van der Waals surface area contributed by atoms with Gasteiger partial charge in [-0.2, -0.15) is 5.26 Å². The lowest BCUT2D eigenvalue weighted by Crippen LogP contribution is -2.39. The average Bonchev–Trinajstić information content (AvgIpc) is 2.63. The van der Waals surface area contributed by atoms with Crippen molar-refractivity contribution in [3.8, 4) is 6.07 Å². The van der Waals surface area contributed by atoms with Crippen LogP contribution in [0.25, 0.3) is 6.08 Å². The van der Waals surface area contributed by atoms with Crippen LogP contribution >= 0.6 is 0 Å². The molecular weight excluding hydrogens is 336 g/mol. The molecule has 0 spiro atoms. The number of esters is 1. The van der Waals surface area contributed by atoms with Crippen LogP contribution in [0, 0.1) is 11.3 Å². The number of hydrogen-bond acceptors (Lipinski definition) is 6. The molecule has 0 atom stereocenters. The van der Waals surface area contributed by atoms with Gasteiger partial charge < -0.3 is 19.9 Å². The third-order valence-electron chi connectivity index (χ3n) is 3.47. The Hall–Kier alpha value is -3.34. The smallest absolute Gasteiger partial charge is 0.349 e. The summed E-state index contributed by atoms with van der Waals surface area (Å²) in [5, 5.41) is 11.5. The van der Waals surface area contributed by atoms with Gasteiger partial charge in [0.05, 0.1) is 6.54 Å². The van der Waals surface area contributed by atoms with E-state index in [1.165, 1.54) is 20.2 Å². The van der Waals surface area contributed by atoms with Gasteiger partial charge >= 0.3 is 5.97 Å². The molecule has 0 fully saturated rings. The summed E-state index contributed by atoms with van der Waals surface area (Å²) in [5.74, 6) is -1.79. The first-order valence-electron chi connectivity index (χ1n) is 7.79. The summed E-state index contributed by atoms with van der Waals surface area (Å²) in [6.07, 6.45) is 1.39. The van der Waals surface area contributed by atoms with Crippen LogP contribution in [0.1, 0.15) is 5.56 Å². The van der Waals surface area contributed by atoms with Crippen molar-refractivity contribution in [2.24, 2.45) is 0 Å². The molecule has 2 amide bonds. The highest BCUT2D eigenvalue weighted by atomic mass is 16.5. The second-order valence-corrected chi connectivity index (χ2v) is 5.65. The van der Waals surface area contributed by atoms with Crippen molar-refractivity contribution in [2.75, 3.05) is 46.2 Å². The Labute approximate surface area is 152 Å². The first kappa shape index (κ1) is 20.7. The van der Waals surface area contributed by atoms with Gasteiger partial charge in [0.1, 0.15) is 11.6 Å². The quantitative estimate of drug-likeness (QED) is 0.430. The van der Waals surface area contributed by atoms with Crippen LogP contribution in [0.15, 0.2) is 29.8 Å². The van der Waals surface area contributed by atoms with Crippen LogP contribution < -0.4 is 10.2 Å². The molecule has 8 heteroatoms. The number of carbonyl (C=O) groups is 3. The number of benzene rings is 1. The first-order valence-corrected chi connectivity index (χ1v) is 7.79. The predicted molar refractivity (Wildman–Crippen MR) is 97.0 cm³/mol. The zero-order valence-electron chi connectivity index (χ0n) is 15.3. The molecule has 0 aromatic heterocycles. The van der Waals surface area contributed by atoms with Crippen molar-refractivity contribution < 1.29 is 19.1 Å².